The second-order valence-electron chi connectivity index (χ2n) is 38.6. The van der Waals surface area contributed by atoms with Gasteiger partial charge in [0.1, 0.15) is 115 Å². The van der Waals surface area contributed by atoms with Crippen molar-refractivity contribution in [2.45, 2.75) is 192 Å². The van der Waals surface area contributed by atoms with Gasteiger partial charge in [-0.3, -0.25) is 4.79 Å². The van der Waals surface area contributed by atoms with Crippen LogP contribution in [0.3, 0.4) is 0 Å². The fourth-order valence-electron chi connectivity index (χ4n) is 17.0. The molecule has 128 heavy (non-hydrogen) atoms. The summed E-state index contributed by atoms with van der Waals surface area (Å²) in [6.45, 7) is 40.1. The maximum absolute atomic E-state index is 12.3. The molecule has 0 radical (unpaired) electrons. The molecule has 1 atom stereocenters. The Labute approximate surface area is 749 Å². The van der Waals surface area contributed by atoms with E-state index in [2.05, 4.69) is 158 Å². The van der Waals surface area contributed by atoms with Crippen molar-refractivity contribution in [2.24, 2.45) is 22.2 Å². The van der Waals surface area contributed by atoms with E-state index in [4.69, 9.17) is 29.9 Å². The molecule has 23 nitrogen and oxygen atoms in total. The normalized spacial score (nSPS) is 12.3. The largest absolute Gasteiger partial charge is 0.507 e. The summed E-state index contributed by atoms with van der Waals surface area (Å²) in [7, 11) is 0. The second kappa shape index (κ2) is 38.6. The van der Waals surface area contributed by atoms with E-state index in [9.17, 15) is 30.3 Å². The monoisotopic (exact) mass is 1720 g/mol. The number of ether oxygens (including phenoxy) is 2. The number of phenols is 5. The molecule has 0 fully saturated rings. The zero-order valence-electron chi connectivity index (χ0n) is 76.8. The van der Waals surface area contributed by atoms with Crippen molar-refractivity contribution in [3.8, 4) is 91.4 Å². The lowest BCUT2D eigenvalue weighted by Crippen LogP contribution is -2.25. The highest BCUT2D eigenvalue weighted by Crippen LogP contribution is 2.46. The minimum Gasteiger partial charge on any atom is -0.507 e. The van der Waals surface area contributed by atoms with Crippen LogP contribution in [0, 0.1) is 29.1 Å². The Kier molecular flexibility index (Phi) is 27.8. The van der Waals surface area contributed by atoms with Crippen LogP contribution in [-0.4, -0.2) is 120 Å². The molecule has 5 aromatic heterocycles. The number of aryl methyl sites for hydroxylation is 1. The van der Waals surface area contributed by atoms with Crippen LogP contribution in [0.1, 0.15) is 196 Å². The number of carbonyl (C=O) groups excluding carboxylic acids is 1. The first-order chi connectivity index (χ1) is 60.8. The number of rotatable bonds is 24. The van der Waals surface area contributed by atoms with Gasteiger partial charge in [0.15, 0.2) is 17.5 Å². The predicted octanol–water partition coefficient (Wildman–Crippen LogP) is 23.6. The van der Waals surface area contributed by atoms with E-state index in [1.807, 2.05) is 208 Å². The molecule has 5 N–H and O–H groups in total. The van der Waals surface area contributed by atoms with E-state index in [0.29, 0.717) is 62.7 Å². The number of aromatic nitrogens is 15. The molecule has 662 valence electrons. The van der Waals surface area contributed by atoms with Crippen molar-refractivity contribution in [1.29, 1.82) is 0 Å². The molecular weight excluding hydrogens is 1600 g/mol. The molecule has 0 bridgehead atoms. The summed E-state index contributed by atoms with van der Waals surface area (Å²) in [4.78, 5) is 32.3. The van der Waals surface area contributed by atoms with Crippen molar-refractivity contribution in [3.63, 3.8) is 0 Å². The first-order valence-corrected chi connectivity index (χ1v) is 43.9. The van der Waals surface area contributed by atoms with Crippen LogP contribution >= 0.6 is 0 Å². The maximum atomic E-state index is 12.3. The van der Waals surface area contributed by atoms with E-state index in [1.54, 1.807) is 24.3 Å². The van der Waals surface area contributed by atoms with Crippen LogP contribution in [0.5, 0.6) is 34.5 Å². The molecule has 16 rings (SSSR count). The van der Waals surface area contributed by atoms with Gasteiger partial charge in [0.2, 0.25) is 0 Å². The van der Waals surface area contributed by atoms with E-state index in [1.165, 1.54) is 30.8 Å². The van der Waals surface area contributed by atoms with Gasteiger partial charge in [-0.05, 0) is 191 Å². The van der Waals surface area contributed by atoms with Gasteiger partial charge in [0, 0.05) is 34.7 Å². The standard InChI is InChI=1S/C41H50N6O2.C31H33N3O4.C20H25N3O.C13H11N3O/c1-38(2,3)24-40(7,8)28-20-26(36(48)34(22-28)46-42-30-15-11-12-16-31(30)43-46)19-27-21-29(41(9,10)25-39(4,5)6)23-35(37(27)49)47-44-32-17-13-14-18-33(32)45-47;1-3-5-12-22(4-2)31(36)38-20-19-37-25-17-18-26(27(35)21-25)30-33-28(23-13-8-6-9-14-23)32-29(34-30)24-15-10-7-11-16-24;1-19(2,3)13-20(4,5)14-10-11-18(24)17(12-14)23-21-15-8-6-7-9-16(15)22-23;1-9-6-7-13(17)12(8-9)16-14-10-4-2-3-5-11(10)15-16/h11-18,20-23,48-49H,19,24-25H2,1-10H3;6-11,13-18,21-22,35H,3-5,12,19-20H2,1-2H3;6-12,24H,13H2,1-5H3;2-8,17H,1H3. The zero-order chi connectivity index (χ0) is 91.6. The van der Waals surface area contributed by atoms with E-state index in [0.717, 1.165) is 117 Å². The molecular formula is C105H119N15O8. The van der Waals surface area contributed by atoms with Gasteiger partial charge in [-0.15, -0.1) is 60.0 Å². The summed E-state index contributed by atoms with van der Waals surface area (Å²) in [5, 5.41) is 91.5. The number of unbranched alkanes of at least 4 members (excludes halogenated alkanes) is 1. The van der Waals surface area contributed by atoms with Crippen LogP contribution in [0.15, 0.2) is 237 Å². The molecule has 0 aliphatic carbocycles. The van der Waals surface area contributed by atoms with Crippen molar-refractivity contribution in [2.75, 3.05) is 13.2 Å². The highest BCUT2D eigenvalue weighted by Gasteiger charge is 2.34. The van der Waals surface area contributed by atoms with Crippen LogP contribution in [0.2, 0.25) is 0 Å². The first-order valence-electron chi connectivity index (χ1n) is 43.9. The summed E-state index contributed by atoms with van der Waals surface area (Å²) >= 11 is 0. The Balaban J connectivity index is 0.000000156. The lowest BCUT2D eigenvalue weighted by Gasteiger charge is -2.34. The number of fused-ring (bicyclic) bond motifs is 4. The number of hydrogen-bond acceptors (Lipinski definition) is 19. The lowest BCUT2D eigenvalue weighted by atomic mass is 9.71. The van der Waals surface area contributed by atoms with E-state index >= 15 is 0 Å². The lowest BCUT2D eigenvalue weighted by molar-refractivity contribution is -0.149. The van der Waals surface area contributed by atoms with E-state index in [-0.39, 0.29) is 92.8 Å². The topological polar surface area (TPSA) is 298 Å². The molecule has 23 heteroatoms. The minimum absolute atomic E-state index is 0.00667. The van der Waals surface area contributed by atoms with Gasteiger partial charge in [0.25, 0.3) is 0 Å². The Morgan fingerprint density at radius 1 is 0.367 bits per heavy atom. The molecule has 0 saturated heterocycles. The first kappa shape index (κ1) is 92.0. The van der Waals surface area contributed by atoms with E-state index < -0.39 is 0 Å². The van der Waals surface area contributed by atoms with Gasteiger partial charge in [0.05, 0.1) is 11.5 Å². The van der Waals surface area contributed by atoms with Crippen molar-refractivity contribution < 1.29 is 39.8 Å². The molecule has 16 aromatic rings. The third-order valence-corrected chi connectivity index (χ3v) is 22.3. The number of hydrogen-bond donors (Lipinski definition) is 5. The molecule has 0 amide bonds. The molecule has 0 aliphatic heterocycles. The highest BCUT2D eigenvalue weighted by molar-refractivity contribution is 5.78. The van der Waals surface area contributed by atoms with Crippen molar-refractivity contribution in [1.82, 2.24) is 74.9 Å². The fourth-order valence-corrected chi connectivity index (χ4v) is 17.0. The van der Waals surface area contributed by atoms with Gasteiger partial charge in [-0.25, -0.2) is 15.0 Å². The Hall–Kier alpha value is -13.7. The minimum atomic E-state index is -0.231. The predicted molar refractivity (Wildman–Crippen MR) is 509 cm³/mol. The summed E-state index contributed by atoms with van der Waals surface area (Å²) in [5.74, 6) is 2.10. The molecule has 11 aromatic carbocycles. The zero-order valence-corrected chi connectivity index (χ0v) is 76.8. The fraction of sp³-hybridized carbons (Fsp3) is 0.333. The average Bonchev–Trinajstić information content (AvgIpc) is 1.29. The molecule has 5 heterocycles. The third kappa shape index (κ3) is 22.9. The van der Waals surface area contributed by atoms with Crippen molar-refractivity contribution in [3.05, 3.63) is 270 Å². The number of carbonyl (C=O) groups is 1. The number of aromatic hydroxyl groups is 5. The van der Waals surface area contributed by atoms with Gasteiger partial charge in [-0.2, -0.15) is 0 Å². The summed E-state index contributed by atoms with van der Waals surface area (Å²) in [6, 6.07) is 74.3. The third-order valence-electron chi connectivity index (χ3n) is 22.3. The maximum Gasteiger partial charge on any atom is 0.309 e. The highest BCUT2D eigenvalue weighted by atomic mass is 16.6. The number of nitrogens with zero attached hydrogens (tertiary/aromatic N) is 15. The van der Waals surface area contributed by atoms with Gasteiger partial charge in [-0.1, -0.05) is 264 Å². The van der Waals surface area contributed by atoms with Crippen LogP contribution in [0.4, 0.5) is 0 Å². The van der Waals surface area contributed by atoms with Crippen LogP contribution < -0.4 is 4.74 Å². The number of phenolic OH excluding ortho intramolecular Hbond substituents is 5. The number of benzene rings is 11. The van der Waals surface area contributed by atoms with Crippen LogP contribution in [0.25, 0.3) is 101 Å². The summed E-state index contributed by atoms with van der Waals surface area (Å²) in [5.41, 5.74) is 16.3. The Morgan fingerprint density at radius 3 is 1.09 bits per heavy atom. The molecule has 0 saturated carbocycles. The molecule has 1 unspecified atom stereocenters. The molecule has 0 spiro atoms. The molecule has 0 aliphatic rings. The van der Waals surface area contributed by atoms with Gasteiger partial charge >= 0.3 is 5.97 Å². The Morgan fingerprint density at radius 2 is 0.719 bits per heavy atom. The average molecular weight is 1720 g/mol. The SMILES string of the molecule is CC(C)(C)CC(C)(C)c1cc(Cc2cc(C(C)(C)CC(C)(C)C)cc(-n3nc4ccccc4n3)c2O)c(O)c(-n2nc3ccccc3n2)c1.CC(C)(C)CC(C)(C)c1ccc(O)c(-n2nc3ccccc3n2)c1.CCCCC(CC)C(=O)OCCOc1ccc(-c2nc(-c3ccccc3)nc(-c3ccccc3)n2)c(O)c1.Cc1ccc(O)c(-n2nc3ccccc3n2)c1. The van der Waals surface area contributed by atoms with Crippen LogP contribution in [-0.2, 0) is 32.2 Å². The second-order valence-corrected chi connectivity index (χ2v) is 38.6. The smallest absolute Gasteiger partial charge is 0.309 e. The Bertz CT molecular complexity index is 6200. The quantitative estimate of drug-likeness (QED) is 0.0277. The summed E-state index contributed by atoms with van der Waals surface area (Å²) < 4.78 is 11.1. The summed E-state index contributed by atoms with van der Waals surface area (Å²) in [6.07, 6.45) is 6.83. The van der Waals surface area contributed by atoms with Crippen molar-refractivity contribution >= 4 is 50.1 Å². The number of esters is 1. The van der Waals surface area contributed by atoms with Gasteiger partial charge < -0.3 is 35.0 Å².